The first-order chi connectivity index (χ1) is 13.0. The van der Waals surface area contributed by atoms with E-state index in [1.54, 1.807) is 6.07 Å². The second-order valence-corrected chi connectivity index (χ2v) is 7.77. The molecule has 0 aliphatic rings. The summed E-state index contributed by atoms with van der Waals surface area (Å²) >= 11 is 6.78. The van der Waals surface area contributed by atoms with Crippen molar-refractivity contribution >= 4 is 37.8 Å². The molecule has 7 heteroatoms. The van der Waals surface area contributed by atoms with Crippen molar-refractivity contribution in [1.82, 2.24) is 15.1 Å². The molecule has 1 amide bonds. The van der Waals surface area contributed by atoms with Crippen molar-refractivity contribution in [2.75, 3.05) is 0 Å². The number of carbonyl (C=O) groups excluding carboxylic acids is 1. The second kappa shape index (κ2) is 9.10. The van der Waals surface area contributed by atoms with Crippen molar-refractivity contribution in [2.45, 2.75) is 19.5 Å². The predicted octanol–water partition coefficient (Wildman–Crippen LogP) is 4.14. The Kier molecular flexibility index (Phi) is 6.58. The SMILES string of the molecule is O=C(CCn1nc(-c2ccc(Br)cc2)ccc1=O)NCc1ccc(Br)cc1. The van der Waals surface area contributed by atoms with Crippen LogP contribution in [-0.2, 0) is 17.9 Å². The minimum absolute atomic E-state index is 0.124. The summed E-state index contributed by atoms with van der Waals surface area (Å²) in [5, 5.41) is 7.23. The highest BCUT2D eigenvalue weighted by Gasteiger charge is 2.07. The van der Waals surface area contributed by atoms with E-state index in [0.717, 1.165) is 20.1 Å². The van der Waals surface area contributed by atoms with Gasteiger partial charge in [0.15, 0.2) is 0 Å². The monoisotopic (exact) mass is 489 g/mol. The third-order valence-electron chi connectivity index (χ3n) is 3.96. The van der Waals surface area contributed by atoms with Crippen LogP contribution in [0.25, 0.3) is 11.3 Å². The van der Waals surface area contributed by atoms with Gasteiger partial charge in [0.1, 0.15) is 0 Å². The van der Waals surface area contributed by atoms with E-state index in [9.17, 15) is 9.59 Å². The Bertz CT molecular complexity index is 983. The van der Waals surface area contributed by atoms with Gasteiger partial charge in [0, 0.05) is 33.5 Å². The topological polar surface area (TPSA) is 64.0 Å². The van der Waals surface area contributed by atoms with Gasteiger partial charge in [-0.15, -0.1) is 0 Å². The minimum Gasteiger partial charge on any atom is -0.352 e. The maximum absolute atomic E-state index is 12.1. The normalized spacial score (nSPS) is 10.6. The highest BCUT2D eigenvalue weighted by atomic mass is 79.9. The van der Waals surface area contributed by atoms with Gasteiger partial charge in [-0.1, -0.05) is 56.1 Å². The largest absolute Gasteiger partial charge is 0.352 e. The van der Waals surface area contributed by atoms with Crippen LogP contribution in [0.1, 0.15) is 12.0 Å². The molecule has 3 rings (SSSR count). The summed E-state index contributed by atoms with van der Waals surface area (Å²) in [6.07, 6.45) is 0.188. The molecule has 0 atom stereocenters. The lowest BCUT2D eigenvalue weighted by atomic mass is 10.1. The Balaban J connectivity index is 1.60. The number of rotatable bonds is 6. The summed E-state index contributed by atoms with van der Waals surface area (Å²) in [5.74, 6) is -0.124. The van der Waals surface area contributed by atoms with Gasteiger partial charge in [-0.25, -0.2) is 4.68 Å². The van der Waals surface area contributed by atoms with Crippen molar-refractivity contribution in [3.63, 3.8) is 0 Å². The summed E-state index contributed by atoms with van der Waals surface area (Å²) in [7, 11) is 0. The Labute approximate surface area is 173 Å². The molecule has 2 aromatic carbocycles. The molecular weight excluding hydrogens is 474 g/mol. The Hall–Kier alpha value is -2.25. The van der Waals surface area contributed by atoms with Crippen LogP contribution in [0, 0.1) is 0 Å². The number of benzene rings is 2. The molecule has 0 bridgehead atoms. The zero-order chi connectivity index (χ0) is 19.2. The average Bonchev–Trinajstić information content (AvgIpc) is 2.67. The molecule has 0 unspecified atom stereocenters. The zero-order valence-corrected chi connectivity index (χ0v) is 17.5. The van der Waals surface area contributed by atoms with E-state index in [4.69, 9.17) is 0 Å². The molecule has 138 valence electrons. The Morgan fingerprint density at radius 2 is 1.56 bits per heavy atom. The van der Waals surface area contributed by atoms with E-state index in [2.05, 4.69) is 42.3 Å². The quantitative estimate of drug-likeness (QED) is 0.564. The van der Waals surface area contributed by atoms with E-state index < -0.39 is 0 Å². The number of nitrogens with zero attached hydrogens (tertiary/aromatic N) is 2. The Morgan fingerprint density at radius 3 is 2.22 bits per heavy atom. The fourth-order valence-electron chi connectivity index (χ4n) is 2.48. The van der Waals surface area contributed by atoms with Crippen molar-refractivity contribution in [1.29, 1.82) is 0 Å². The molecule has 1 N–H and O–H groups in total. The lowest BCUT2D eigenvalue weighted by Crippen LogP contribution is -2.28. The van der Waals surface area contributed by atoms with Crippen LogP contribution < -0.4 is 10.9 Å². The summed E-state index contributed by atoms with van der Waals surface area (Å²) in [4.78, 5) is 24.1. The fraction of sp³-hybridized carbons (Fsp3) is 0.150. The summed E-state index contributed by atoms with van der Waals surface area (Å²) < 4.78 is 3.30. The fourth-order valence-corrected chi connectivity index (χ4v) is 3.01. The summed E-state index contributed by atoms with van der Waals surface area (Å²) in [6.45, 7) is 0.683. The number of aromatic nitrogens is 2. The highest BCUT2D eigenvalue weighted by Crippen LogP contribution is 2.18. The number of hydrogen-bond acceptors (Lipinski definition) is 3. The number of amides is 1. The van der Waals surface area contributed by atoms with Crippen LogP contribution >= 0.6 is 31.9 Å². The van der Waals surface area contributed by atoms with Crippen molar-refractivity contribution in [3.8, 4) is 11.3 Å². The smallest absolute Gasteiger partial charge is 0.266 e. The molecule has 5 nitrogen and oxygen atoms in total. The van der Waals surface area contributed by atoms with Gasteiger partial charge in [-0.05, 0) is 35.9 Å². The van der Waals surface area contributed by atoms with E-state index in [1.807, 2.05) is 48.5 Å². The van der Waals surface area contributed by atoms with Gasteiger partial charge in [0.2, 0.25) is 5.91 Å². The van der Waals surface area contributed by atoms with Crippen LogP contribution in [0.5, 0.6) is 0 Å². The first-order valence-electron chi connectivity index (χ1n) is 8.36. The molecule has 3 aromatic rings. The minimum atomic E-state index is -0.225. The number of nitrogens with one attached hydrogen (secondary N) is 1. The van der Waals surface area contributed by atoms with E-state index >= 15 is 0 Å². The molecule has 0 aliphatic heterocycles. The molecule has 0 fully saturated rings. The third kappa shape index (κ3) is 5.61. The molecule has 0 radical (unpaired) electrons. The van der Waals surface area contributed by atoms with Gasteiger partial charge in [0.05, 0.1) is 12.2 Å². The molecule has 27 heavy (non-hydrogen) atoms. The van der Waals surface area contributed by atoms with Crippen LogP contribution in [0.2, 0.25) is 0 Å². The van der Waals surface area contributed by atoms with Gasteiger partial charge in [-0.3, -0.25) is 9.59 Å². The van der Waals surface area contributed by atoms with Gasteiger partial charge < -0.3 is 5.32 Å². The van der Waals surface area contributed by atoms with Crippen LogP contribution in [-0.4, -0.2) is 15.7 Å². The first-order valence-corrected chi connectivity index (χ1v) is 9.95. The lowest BCUT2D eigenvalue weighted by molar-refractivity contribution is -0.121. The summed E-state index contributed by atoms with van der Waals surface area (Å²) in [6, 6.07) is 18.6. The van der Waals surface area contributed by atoms with Crippen molar-refractivity contribution in [3.05, 3.63) is 85.5 Å². The zero-order valence-electron chi connectivity index (χ0n) is 14.4. The average molecular weight is 491 g/mol. The highest BCUT2D eigenvalue weighted by molar-refractivity contribution is 9.10. The molecule has 0 saturated heterocycles. The van der Waals surface area contributed by atoms with E-state index in [0.29, 0.717) is 12.2 Å². The van der Waals surface area contributed by atoms with Crippen molar-refractivity contribution in [2.24, 2.45) is 0 Å². The van der Waals surface area contributed by atoms with E-state index in [-0.39, 0.29) is 24.4 Å². The van der Waals surface area contributed by atoms with E-state index in [1.165, 1.54) is 10.7 Å². The van der Waals surface area contributed by atoms with Crippen LogP contribution in [0.4, 0.5) is 0 Å². The van der Waals surface area contributed by atoms with Crippen LogP contribution in [0.15, 0.2) is 74.4 Å². The molecule has 0 aliphatic carbocycles. The molecule has 0 spiro atoms. The maximum atomic E-state index is 12.1. The van der Waals surface area contributed by atoms with Gasteiger partial charge in [0.25, 0.3) is 5.56 Å². The molecule has 0 saturated carbocycles. The number of hydrogen-bond donors (Lipinski definition) is 1. The molecule has 1 aromatic heterocycles. The molecular formula is C20H17Br2N3O2. The lowest BCUT2D eigenvalue weighted by Gasteiger charge is -2.08. The predicted molar refractivity (Wildman–Crippen MR) is 112 cm³/mol. The molecule has 1 heterocycles. The number of aryl methyl sites for hydroxylation is 1. The van der Waals surface area contributed by atoms with Gasteiger partial charge >= 0.3 is 0 Å². The number of carbonyl (C=O) groups is 1. The third-order valence-corrected chi connectivity index (χ3v) is 5.02. The summed E-state index contributed by atoms with van der Waals surface area (Å²) in [5.41, 5.74) is 2.39. The second-order valence-electron chi connectivity index (χ2n) is 5.94. The Morgan fingerprint density at radius 1 is 0.926 bits per heavy atom. The van der Waals surface area contributed by atoms with Gasteiger partial charge in [-0.2, -0.15) is 5.10 Å². The van der Waals surface area contributed by atoms with Crippen molar-refractivity contribution < 1.29 is 4.79 Å². The first kappa shape index (κ1) is 19.5. The number of halogens is 2. The van der Waals surface area contributed by atoms with Crippen LogP contribution in [0.3, 0.4) is 0 Å². The standard InChI is InChI=1S/C20H17Br2N3O2/c21-16-5-1-14(2-6-16)13-23-19(26)11-12-25-20(27)10-9-18(24-25)15-3-7-17(22)8-4-15/h1-10H,11-13H2,(H,23,26). The maximum Gasteiger partial charge on any atom is 0.266 e.